The van der Waals surface area contributed by atoms with Gasteiger partial charge in [0.2, 0.25) is 0 Å². The molecule has 0 atom stereocenters. The van der Waals surface area contributed by atoms with Crippen molar-refractivity contribution in [2.24, 2.45) is 0 Å². The third-order valence-corrected chi connectivity index (χ3v) is 4.61. The maximum absolute atomic E-state index is 12.8. The van der Waals surface area contributed by atoms with Crippen molar-refractivity contribution in [2.45, 2.75) is 24.2 Å². The summed E-state index contributed by atoms with van der Waals surface area (Å²) in [5.41, 5.74) is 4.03. The van der Waals surface area contributed by atoms with Gasteiger partial charge in [0.1, 0.15) is 5.82 Å². The summed E-state index contributed by atoms with van der Waals surface area (Å²) < 4.78 is 12.8. The quantitative estimate of drug-likeness (QED) is 0.641. The van der Waals surface area contributed by atoms with Crippen LogP contribution in [-0.4, -0.2) is 12.3 Å². The van der Waals surface area contributed by atoms with Crippen LogP contribution in [0.15, 0.2) is 47.4 Å². The van der Waals surface area contributed by atoms with E-state index in [-0.39, 0.29) is 5.82 Å². The van der Waals surface area contributed by atoms with Gasteiger partial charge in [-0.25, -0.2) is 4.39 Å². The molecule has 0 saturated carbocycles. The first-order chi connectivity index (χ1) is 9.81. The Morgan fingerprint density at radius 1 is 1.00 bits per heavy atom. The highest BCUT2D eigenvalue weighted by Crippen LogP contribution is 2.27. The van der Waals surface area contributed by atoms with E-state index in [1.54, 1.807) is 12.1 Å². The molecular formula is C17H18FNS. The Bertz CT molecular complexity index is 580. The van der Waals surface area contributed by atoms with Gasteiger partial charge in [0.15, 0.2) is 0 Å². The number of thioether (sulfide) groups is 1. The molecule has 1 aliphatic carbocycles. The van der Waals surface area contributed by atoms with Crippen LogP contribution >= 0.6 is 11.8 Å². The van der Waals surface area contributed by atoms with Crippen LogP contribution in [0, 0.1) is 5.82 Å². The Morgan fingerprint density at radius 3 is 2.65 bits per heavy atom. The average molecular weight is 287 g/mol. The lowest BCUT2D eigenvalue weighted by Crippen LogP contribution is -2.03. The van der Waals surface area contributed by atoms with E-state index in [0.29, 0.717) is 0 Å². The highest BCUT2D eigenvalue weighted by atomic mass is 32.2. The van der Waals surface area contributed by atoms with E-state index in [2.05, 4.69) is 23.5 Å². The summed E-state index contributed by atoms with van der Waals surface area (Å²) in [5, 5.41) is 3.31. The molecule has 3 heteroatoms. The van der Waals surface area contributed by atoms with Gasteiger partial charge in [0, 0.05) is 22.9 Å². The van der Waals surface area contributed by atoms with Gasteiger partial charge in [-0.2, -0.15) is 0 Å². The zero-order valence-electron chi connectivity index (χ0n) is 11.4. The predicted octanol–water partition coefficient (Wildman–Crippen LogP) is 4.52. The minimum absolute atomic E-state index is 0.192. The Morgan fingerprint density at radius 2 is 1.80 bits per heavy atom. The fraction of sp³-hybridized carbons (Fsp3) is 0.294. The number of aryl methyl sites for hydroxylation is 2. The molecule has 0 amide bonds. The average Bonchev–Trinajstić information content (AvgIpc) is 2.93. The number of halogens is 1. The standard InChI is InChI=1S/C17H18FNS/c18-15-5-7-16(8-6-15)19-10-11-20-17-9-4-13-2-1-3-14(13)12-17/h4-9,12,19H,1-3,10-11H2. The largest absolute Gasteiger partial charge is 0.384 e. The van der Waals surface area contributed by atoms with Gasteiger partial charge in [0.05, 0.1) is 0 Å². The lowest BCUT2D eigenvalue weighted by Gasteiger charge is -2.07. The molecule has 0 radical (unpaired) electrons. The second-order valence-corrected chi connectivity index (χ2v) is 6.23. The van der Waals surface area contributed by atoms with E-state index >= 15 is 0 Å². The monoisotopic (exact) mass is 287 g/mol. The molecule has 0 aromatic heterocycles. The highest BCUT2D eigenvalue weighted by Gasteiger charge is 2.10. The zero-order valence-corrected chi connectivity index (χ0v) is 12.2. The summed E-state index contributed by atoms with van der Waals surface area (Å²) in [6, 6.07) is 13.4. The predicted molar refractivity (Wildman–Crippen MR) is 84.1 cm³/mol. The van der Waals surface area contributed by atoms with Crippen LogP contribution < -0.4 is 5.32 Å². The highest BCUT2D eigenvalue weighted by molar-refractivity contribution is 7.99. The van der Waals surface area contributed by atoms with E-state index < -0.39 is 0 Å². The second-order valence-electron chi connectivity index (χ2n) is 5.07. The summed E-state index contributed by atoms with van der Waals surface area (Å²) >= 11 is 1.87. The Balaban J connectivity index is 1.47. The maximum Gasteiger partial charge on any atom is 0.123 e. The van der Waals surface area contributed by atoms with Gasteiger partial charge in [-0.1, -0.05) is 6.07 Å². The number of nitrogens with one attached hydrogen (secondary N) is 1. The van der Waals surface area contributed by atoms with E-state index in [1.807, 2.05) is 11.8 Å². The molecule has 1 nitrogen and oxygen atoms in total. The van der Waals surface area contributed by atoms with Crippen LogP contribution in [0.4, 0.5) is 10.1 Å². The van der Waals surface area contributed by atoms with E-state index in [9.17, 15) is 4.39 Å². The van der Waals surface area contributed by atoms with Crippen LogP contribution in [0.3, 0.4) is 0 Å². The molecule has 2 aromatic rings. The van der Waals surface area contributed by atoms with E-state index in [4.69, 9.17) is 0 Å². The first-order valence-corrected chi connectivity index (χ1v) is 8.04. The number of rotatable bonds is 5. The molecule has 104 valence electrons. The van der Waals surface area contributed by atoms with Crippen LogP contribution in [0.5, 0.6) is 0 Å². The van der Waals surface area contributed by atoms with Gasteiger partial charge in [-0.15, -0.1) is 11.8 Å². The molecule has 0 bridgehead atoms. The summed E-state index contributed by atoms with van der Waals surface area (Å²) in [6.07, 6.45) is 3.78. The smallest absolute Gasteiger partial charge is 0.123 e. The SMILES string of the molecule is Fc1ccc(NCCSc2ccc3c(c2)CCC3)cc1. The van der Waals surface area contributed by atoms with Crippen molar-refractivity contribution >= 4 is 17.4 Å². The number of hydrogen-bond acceptors (Lipinski definition) is 2. The normalized spacial score (nSPS) is 13.2. The Hall–Kier alpha value is -1.48. The molecule has 0 heterocycles. The topological polar surface area (TPSA) is 12.0 Å². The van der Waals surface area contributed by atoms with Gasteiger partial charge in [0.25, 0.3) is 0 Å². The van der Waals surface area contributed by atoms with Gasteiger partial charge < -0.3 is 5.32 Å². The van der Waals surface area contributed by atoms with Crippen LogP contribution in [0.25, 0.3) is 0 Å². The fourth-order valence-corrected chi connectivity index (χ4v) is 3.40. The van der Waals surface area contributed by atoms with Crippen molar-refractivity contribution in [2.75, 3.05) is 17.6 Å². The molecular weight excluding hydrogens is 269 g/mol. The van der Waals surface area contributed by atoms with Crippen molar-refractivity contribution in [3.63, 3.8) is 0 Å². The minimum atomic E-state index is -0.192. The molecule has 20 heavy (non-hydrogen) atoms. The van der Waals surface area contributed by atoms with E-state index in [0.717, 1.165) is 18.0 Å². The van der Waals surface area contributed by atoms with Crippen LogP contribution in [0.1, 0.15) is 17.5 Å². The number of fused-ring (bicyclic) bond motifs is 1. The van der Waals surface area contributed by atoms with Gasteiger partial charge in [-0.3, -0.25) is 0 Å². The molecule has 0 saturated heterocycles. The molecule has 0 unspecified atom stereocenters. The lowest BCUT2D eigenvalue weighted by atomic mass is 10.1. The Kier molecular flexibility index (Phi) is 4.26. The summed E-state index contributed by atoms with van der Waals surface area (Å²) in [7, 11) is 0. The van der Waals surface area contributed by atoms with Crippen molar-refractivity contribution in [3.8, 4) is 0 Å². The number of benzene rings is 2. The molecule has 3 rings (SSSR count). The minimum Gasteiger partial charge on any atom is -0.384 e. The summed E-state index contributed by atoms with van der Waals surface area (Å²) in [6.45, 7) is 0.882. The van der Waals surface area contributed by atoms with Crippen LogP contribution in [-0.2, 0) is 12.8 Å². The first kappa shape index (κ1) is 13.5. The maximum atomic E-state index is 12.8. The molecule has 1 aliphatic rings. The third-order valence-electron chi connectivity index (χ3n) is 3.61. The van der Waals surface area contributed by atoms with Crippen LogP contribution in [0.2, 0.25) is 0 Å². The van der Waals surface area contributed by atoms with Crippen molar-refractivity contribution in [3.05, 3.63) is 59.4 Å². The molecule has 0 fully saturated rings. The van der Waals surface area contributed by atoms with Gasteiger partial charge in [-0.05, 0) is 66.8 Å². The van der Waals surface area contributed by atoms with E-state index in [1.165, 1.54) is 47.4 Å². The lowest BCUT2D eigenvalue weighted by molar-refractivity contribution is 0.628. The third kappa shape index (κ3) is 3.34. The second kappa shape index (κ2) is 6.31. The summed E-state index contributed by atoms with van der Waals surface area (Å²) in [5.74, 6) is 0.818. The molecule has 2 aromatic carbocycles. The van der Waals surface area contributed by atoms with Crippen molar-refractivity contribution < 1.29 is 4.39 Å². The summed E-state index contributed by atoms with van der Waals surface area (Å²) in [4.78, 5) is 1.35. The van der Waals surface area contributed by atoms with Crippen molar-refractivity contribution in [1.29, 1.82) is 0 Å². The zero-order chi connectivity index (χ0) is 13.8. The fourth-order valence-electron chi connectivity index (χ4n) is 2.57. The number of hydrogen-bond donors (Lipinski definition) is 1. The molecule has 1 N–H and O–H groups in total. The molecule has 0 spiro atoms. The molecule has 0 aliphatic heterocycles. The van der Waals surface area contributed by atoms with Crippen molar-refractivity contribution in [1.82, 2.24) is 0 Å². The van der Waals surface area contributed by atoms with Gasteiger partial charge >= 0.3 is 0 Å². The first-order valence-electron chi connectivity index (χ1n) is 7.05. The number of anilines is 1. The Labute approximate surface area is 123 Å².